The molecule has 5 rings (SSSR count). The predicted octanol–water partition coefficient (Wildman–Crippen LogP) is 5.25. The second-order valence-corrected chi connectivity index (χ2v) is 8.91. The van der Waals surface area contributed by atoms with Crippen LogP contribution in [0.15, 0.2) is 100 Å². The van der Waals surface area contributed by atoms with Crippen LogP contribution in [0.2, 0.25) is 0 Å². The Morgan fingerprint density at radius 3 is 2.19 bits per heavy atom. The summed E-state index contributed by atoms with van der Waals surface area (Å²) in [5.41, 5.74) is 3.13. The Morgan fingerprint density at radius 2 is 1.50 bits per heavy atom. The molecule has 0 aliphatic carbocycles. The monoisotopic (exact) mass is 499 g/mol. The molecule has 1 aliphatic rings. The first-order valence-electron chi connectivity index (χ1n) is 11.6. The van der Waals surface area contributed by atoms with Crippen molar-refractivity contribution in [2.45, 2.75) is 5.16 Å². The van der Waals surface area contributed by atoms with E-state index in [1.165, 1.54) is 11.8 Å². The highest BCUT2D eigenvalue weighted by molar-refractivity contribution is 7.99. The molecule has 1 aliphatic heterocycles. The topological polar surface area (TPSA) is 97.0 Å². The first kappa shape index (κ1) is 23.7. The zero-order chi connectivity index (χ0) is 24.6. The van der Waals surface area contributed by atoms with E-state index in [1.807, 2.05) is 89.5 Å². The lowest BCUT2D eigenvalue weighted by Crippen LogP contribution is -2.37. The molecule has 1 fully saturated rings. The number of amides is 1. The molecule has 0 saturated carbocycles. The normalized spacial score (nSPS) is 13.7. The molecular weight excluding hydrogens is 474 g/mol. The SMILES string of the molecule is O=C(CSc1nnc(N2CCOCC2)n1-c1ccccc1)Nc1ccc(N=Nc2ccccc2)cc1. The van der Waals surface area contributed by atoms with Gasteiger partial charge in [-0.1, -0.05) is 48.2 Å². The van der Waals surface area contributed by atoms with Crippen molar-refractivity contribution in [2.24, 2.45) is 10.2 Å². The number of hydrogen-bond donors (Lipinski definition) is 1. The van der Waals surface area contributed by atoms with Crippen molar-refractivity contribution in [3.8, 4) is 5.69 Å². The van der Waals surface area contributed by atoms with Crippen LogP contribution >= 0.6 is 11.8 Å². The molecule has 0 atom stereocenters. The van der Waals surface area contributed by atoms with Crippen molar-refractivity contribution in [1.29, 1.82) is 0 Å². The smallest absolute Gasteiger partial charge is 0.234 e. The van der Waals surface area contributed by atoms with Gasteiger partial charge in [-0.25, -0.2) is 0 Å². The molecule has 1 N–H and O–H groups in total. The summed E-state index contributed by atoms with van der Waals surface area (Å²) in [6.45, 7) is 2.80. The number of anilines is 2. The highest BCUT2D eigenvalue weighted by atomic mass is 32.2. The fraction of sp³-hybridized carbons (Fsp3) is 0.192. The van der Waals surface area contributed by atoms with Crippen LogP contribution in [0.4, 0.5) is 23.0 Å². The number of hydrogen-bond acceptors (Lipinski definition) is 8. The molecule has 1 amide bonds. The summed E-state index contributed by atoms with van der Waals surface area (Å²) in [7, 11) is 0. The fourth-order valence-electron chi connectivity index (χ4n) is 3.68. The summed E-state index contributed by atoms with van der Waals surface area (Å²) >= 11 is 1.35. The number of carbonyl (C=O) groups excluding carboxylic acids is 1. The fourth-order valence-corrected chi connectivity index (χ4v) is 4.42. The Morgan fingerprint density at radius 1 is 0.861 bits per heavy atom. The van der Waals surface area contributed by atoms with Gasteiger partial charge in [0.1, 0.15) is 0 Å². The minimum Gasteiger partial charge on any atom is -0.378 e. The third-order valence-electron chi connectivity index (χ3n) is 5.45. The Hall–Kier alpha value is -4.02. The summed E-state index contributed by atoms with van der Waals surface area (Å²) in [5, 5.41) is 20.9. The quantitative estimate of drug-likeness (QED) is 0.263. The number of nitrogens with one attached hydrogen (secondary N) is 1. The number of aromatic nitrogens is 3. The van der Waals surface area contributed by atoms with Gasteiger partial charge in [0.25, 0.3) is 0 Å². The molecule has 1 aromatic heterocycles. The molecule has 1 saturated heterocycles. The minimum atomic E-state index is -0.130. The van der Waals surface area contributed by atoms with E-state index in [2.05, 4.69) is 30.6 Å². The van der Waals surface area contributed by atoms with Gasteiger partial charge in [-0.05, 0) is 48.5 Å². The average molecular weight is 500 g/mol. The zero-order valence-corrected chi connectivity index (χ0v) is 20.3. The lowest BCUT2D eigenvalue weighted by Gasteiger charge is -2.27. The zero-order valence-electron chi connectivity index (χ0n) is 19.5. The maximum absolute atomic E-state index is 12.7. The molecule has 182 valence electrons. The van der Waals surface area contributed by atoms with Gasteiger partial charge in [-0.15, -0.1) is 10.2 Å². The summed E-state index contributed by atoms with van der Waals surface area (Å²) in [5.74, 6) is 0.825. The summed E-state index contributed by atoms with van der Waals surface area (Å²) in [6, 6.07) is 26.7. The molecule has 0 radical (unpaired) electrons. The number of azo groups is 1. The van der Waals surface area contributed by atoms with E-state index in [4.69, 9.17) is 4.74 Å². The van der Waals surface area contributed by atoms with E-state index < -0.39 is 0 Å². The number of nitrogens with zero attached hydrogens (tertiary/aromatic N) is 6. The van der Waals surface area contributed by atoms with Crippen molar-refractivity contribution < 1.29 is 9.53 Å². The van der Waals surface area contributed by atoms with Gasteiger partial charge in [0.05, 0.1) is 36.0 Å². The van der Waals surface area contributed by atoms with E-state index in [-0.39, 0.29) is 11.7 Å². The lowest BCUT2D eigenvalue weighted by molar-refractivity contribution is -0.113. The van der Waals surface area contributed by atoms with Crippen molar-refractivity contribution in [3.63, 3.8) is 0 Å². The third kappa shape index (κ3) is 5.96. The Labute approximate surface area is 213 Å². The van der Waals surface area contributed by atoms with E-state index in [0.717, 1.165) is 30.4 Å². The van der Waals surface area contributed by atoms with Gasteiger partial charge in [0.2, 0.25) is 11.9 Å². The Bertz CT molecular complexity index is 1310. The molecule has 10 heteroatoms. The molecule has 4 aromatic rings. The number of carbonyl (C=O) groups is 1. The third-order valence-corrected chi connectivity index (χ3v) is 6.37. The second kappa shape index (κ2) is 11.6. The molecule has 0 spiro atoms. The van der Waals surface area contributed by atoms with Crippen molar-refractivity contribution in [1.82, 2.24) is 14.8 Å². The first-order chi connectivity index (χ1) is 17.8. The molecule has 2 heterocycles. The van der Waals surface area contributed by atoms with Gasteiger partial charge in [0.15, 0.2) is 5.16 Å². The van der Waals surface area contributed by atoms with Crippen molar-refractivity contribution >= 4 is 40.7 Å². The maximum Gasteiger partial charge on any atom is 0.234 e. The number of morpholine rings is 1. The highest BCUT2D eigenvalue weighted by Crippen LogP contribution is 2.27. The maximum atomic E-state index is 12.7. The molecule has 9 nitrogen and oxygen atoms in total. The van der Waals surface area contributed by atoms with Crippen LogP contribution in [0.3, 0.4) is 0 Å². The second-order valence-electron chi connectivity index (χ2n) is 7.97. The Balaban J connectivity index is 1.23. The van der Waals surface area contributed by atoms with Crippen LogP contribution in [0.5, 0.6) is 0 Å². The van der Waals surface area contributed by atoms with Crippen LogP contribution in [0, 0.1) is 0 Å². The molecule has 36 heavy (non-hydrogen) atoms. The van der Waals surface area contributed by atoms with Crippen LogP contribution in [-0.4, -0.2) is 52.7 Å². The van der Waals surface area contributed by atoms with E-state index in [0.29, 0.717) is 29.7 Å². The lowest BCUT2D eigenvalue weighted by atomic mass is 10.3. The van der Waals surface area contributed by atoms with Gasteiger partial charge >= 0.3 is 0 Å². The van der Waals surface area contributed by atoms with E-state index in [9.17, 15) is 4.79 Å². The van der Waals surface area contributed by atoms with Crippen LogP contribution in [-0.2, 0) is 9.53 Å². The van der Waals surface area contributed by atoms with E-state index >= 15 is 0 Å². The molecular formula is C26H25N7O2S. The summed E-state index contributed by atoms with van der Waals surface area (Å²) < 4.78 is 7.48. The largest absolute Gasteiger partial charge is 0.378 e. The van der Waals surface area contributed by atoms with Crippen molar-refractivity contribution in [3.05, 3.63) is 84.9 Å². The van der Waals surface area contributed by atoms with Gasteiger partial charge in [0, 0.05) is 18.8 Å². The number of thioether (sulfide) groups is 1. The standard InChI is InChI=1S/C26H25N7O2S/c34-24(27-20-11-13-22(14-12-20)29-28-21-7-3-1-4-8-21)19-36-26-31-30-25(32-15-17-35-18-16-32)33(26)23-9-5-2-6-10-23/h1-14H,15-19H2,(H,27,34). The van der Waals surface area contributed by atoms with Crippen molar-refractivity contribution in [2.75, 3.05) is 42.3 Å². The van der Waals surface area contributed by atoms with Gasteiger partial charge in [-0.2, -0.15) is 10.2 Å². The molecule has 0 unspecified atom stereocenters. The molecule has 0 bridgehead atoms. The number of para-hydroxylation sites is 1. The van der Waals surface area contributed by atoms with Crippen LogP contribution < -0.4 is 10.2 Å². The summed E-state index contributed by atoms with van der Waals surface area (Å²) in [4.78, 5) is 14.8. The Kier molecular flexibility index (Phi) is 7.64. The predicted molar refractivity (Wildman–Crippen MR) is 141 cm³/mol. The van der Waals surface area contributed by atoms with Crippen LogP contribution in [0.25, 0.3) is 5.69 Å². The van der Waals surface area contributed by atoms with E-state index in [1.54, 1.807) is 0 Å². The number of ether oxygens (including phenoxy) is 1. The van der Waals surface area contributed by atoms with Gasteiger partial charge < -0.3 is 15.0 Å². The number of rotatable bonds is 8. The van der Waals surface area contributed by atoms with Gasteiger partial charge in [-0.3, -0.25) is 9.36 Å². The summed E-state index contributed by atoms with van der Waals surface area (Å²) in [6.07, 6.45) is 0. The first-order valence-corrected chi connectivity index (χ1v) is 12.6. The molecule has 3 aromatic carbocycles. The highest BCUT2D eigenvalue weighted by Gasteiger charge is 2.22. The number of benzene rings is 3. The average Bonchev–Trinajstić information content (AvgIpc) is 3.37. The van der Waals surface area contributed by atoms with Crippen LogP contribution in [0.1, 0.15) is 0 Å². The minimum absolute atomic E-state index is 0.130.